The first-order chi connectivity index (χ1) is 25.5. The van der Waals surface area contributed by atoms with E-state index in [1.807, 2.05) is 0 Å². The first-order valence-electron chi connectivity index (χ1n) is 14.4. The SMILES string of the molecule is N#CC(C#N)=C1C(c2ccc(C(F)(F)F)c(C(F)(F)F)c2)=C(C#N)c2c1cc1c(c2F)C(=C(C#N)C#N)C(c2ccc(C(F)(F)F)c(C(F)(F)F)c2)=C1C#N. The molecule has 0 aromatic heterocycles. The van der Waals surface area contributed by atoms with Gasteiger partial charge in [0.15, 0.2) is 0 Å². The molecular formula is C36H7F13N6. The van der Waals surface area contributed by atoms with E-state index < -0.39 is 131 Å². The zero-order chi connectivity index (χ0) is 41.2. The molecule has 0 atom stereocenters. The van der Waals surface area contributed by atoms with E-state index in [0.717, 1.165) is 6.07 Å². The van der Waals surface area contributed by atoms with Crippen LogP contribution in [0.3, 0.4) is 0 Å². The summed E-state index contributed by atoms with van der Waals surface area (Å²) in [7, 11) is 0. The van der Waals surface area contributed by atoms with E-state index >= 15 is 4.39 Å². The average molecular weight is 770 g/mol. The quantitative estimate of drug-likeness (QED) is 0.187. The van der Waals surface area contributed by atoms with Crippen molar-refractivity contribution < 1.29 is 57.1 Å². The number of nitriles is 6. The molecule has 0 spiro atoms. The molecule has 0 aliphatic heterocycles. The van der Waals surface area contributed by atoms with Crippen LogP contribution in [0.5, 0.6) is 0 Å². The molecule has 19 heteroatoms. The van der Waals surface area contributed by atoms with Gasteiger partial charge in [-0.2, -0.15) is 84.3 Å². The van der Waals surface area contributed by atoms with Crippen molar-refractivity contribution in [3.8, 4) is 36.4 Å². The Morgan fingerprint density at radius 2 is 0.818 bits per heavy atom. The summed E-state index contributed by atoms with van der Waals surface area (Å²) < 4.78 is 182. The van der Waals surface area contributed by atoms with Crippen molar-refractivity contribution in [1.82, 2.24) is 0 Å². The van der Waals surface area contributed by atoms with E-state index in [0.29, 0.717) is 12.1 Å². The second kappa shape index (κ2) is 12.9. The standard InChI is InChI=1S/C36H7F13N6/c37-32-30-19(28(16(8-50)9-51)27(21(30)13-55)15-2-4-23(34(41,42)43)25(6-15)36(47,48)49)7-18-20(12-54)26(29(31(18)32)17(10-52)11-53)14-1-3-22(33(38,39)40)24(5-14)35(44,45)46/h1-7H. The summed E-state index contributed by atoms with van der Waals surface area (Å²) in [5, 5.41) is 59.7. The fourth-order valence-corrected chi connectivity index (χ4v) is 6.25. The zero-order valence-corrected chi connectivity index (χ0v) is 26.1. The van der Waals surface area contributed by atoms with Gasteiger partial charge in [-0.15, -0.1) is 0 Å². The predicted octanol–water partition coefficient (Wildman–Crippen LogP) is 10.4. The van der Waals surface area contributed by atoms with Gasteiger partial charge in [0, 0.05) is 39.0 Å². The van der Waals surface area contributed by atoms with Crippen LogP contribution in [0.15, 0.2) is 53.6 Å². The van der Waals surface area contributed by atoms with Gasteiger partial charge >= 0.3 is 24.7 Å². The molecule has 3 aromatic rings. The lowest BCUT2D eigenvalue weighted by Crippen LogP contribution is -2.16. The Bertz CT molecular complexity index is 2630. The highest BCUT2D eigenvalue weighted by atomic mass is 19.4. The highest BCUT2D eigenvalue weighted by Crippen LogP contribution is 2.57. The van der Waals surface area contributed by atoms with Crippen molar-refractivity contribution in [2.45, 2.75) is 24.7 Å². The molecule has 0 fully saturated rings. The van der Waals surface area contributed by atoms with Crippen molar-refractivity contribution in [1.29, 1.82) is 31.6 Å². The van der Waals surface area contributed by atoms with Gasteiger partial charge in [-0.1, -0.05) is 12.1 Å². The van der Waals surface area contributed by atoms with Crippen LogP contribution in [0, 0.1) is 73.8 Å². The van der Waals surface area contributed by atoms with Crippen molar-refractivity contribution in [2.24, 2.45) is 0 Å². The molecule has 5 rings (SSSR count). The summed E-state index contributed by atoms with van der Waals surface area (Å²) in [5.41, 5.74) is -21.8. The monoisotopic (exact) mass is 770 g/mol. The second-order valence-corrected chi connectivity index (χ2v) is 11.2. The third-order valence-corrected chi connectivity index (χ3v) is 8.31. The van der Waals surface area contributed by atoms with Crippen LogP contribution in [0.25, 0.3) is 33.4 Å². The first-order valence-corrected chi connectivity index (χ1v) is 14.4. The van der Waals surface area contributed by atoms with Crippen molar-refractivity contribution >= 4 is 33.4 Å². The lowest BCUT2D eigenvalue weighted by atomic mass is 9.88. The van der Waals surface area contributed by atoms with E-state index in [1.165, 1.54) is 36.4 Å². The van der Waals surface area contributed by atoms with Crippen LogP contribution in [0.2, 0.25) is 0 Å². The minimum Gasteiger partial charge on any atom is -0.206 e. The van der Waals surface area contributed by atoms with Gasteiger partial charge in [0.05, 0.1) is 33.4 Å². The minimum atomic E-state index is -5.69. The molecule has 2 aliphatic carbocycles. The van der Waals surface area contributed by atoms with Gasteiger partial charge in [-0.05, 0) is 47.0 Å². The highest BCUT2D eigenvalue weighted by molar-refractivity contribution is 6.30. The Morgan fingerprint density at radius 1 is 0.436 bits per heavy atom. The summed E-state index contributed by atoms with van der Waals surface area (Å²) in [4.78, 5) is 0. The van der Waals surface area contributed by atoms with Crippen LogP contribution < -0.4 is 0 Å². The Hall–Kier alpha value is -7.35. The molecule has 2 aliphatic rings. The zero-order valence-electron chi connectivity index (χ0n) is 26.1. The smallest absolute Gasteiger partial charge is 0.206 e. The maximum Gasteiger partial charge on any atom is 0.417 e. The van der Waals surface area contributed by atoms with Crippen LogP contribution in [-0.2, 0) is 24.7 Å². The topological polar surface area (TPSA) is 143 Å². The predicted molar refractivity (Wildman–Crippen MR) is 160 cm³/mol. The summed E-state index contributed by atoms with van der Waals surface area (Å²) in [6.45, 7) is 0. The second-order valence-electron chi connectivity index (χ2n) is 11.2. The molecule has 272 valence electrons. The normalized spacial score (nSPS) is 13.9. The third-order valence-electron chi connectivity index (χ3n) is 8.31. The number of hydrogen-bond donors (Lipinski definition) is 0. The van der Waals surface area contributed by atoms with E-state index in [4.69, 9.17) is 0 Å². The third kappa shape index (κ3) is 6.18. The summed E-state index contributed by atoms with van der Waals surface area (Å²) in [5.74, 6) is -1.72. The van der Waals surface area contributed by atoms with E-state index in [-0.39, 0.29) is 24.3 Å². The van der Waals surface area contributed by atoms with Crippen LogP contribution >= 0.6 is 0 Å². The Kier molecular flexibility index (Phi) is 9.15. The molecule has 0 saturated heterocycles. The lowest BCUT2D eigenvalue weighted by molar-refractivity contribution is -0.162. The number of alkyl halides is 12. The summed E-state index contributed by atoms with van der Waals surface area (Å²) in [6.07, 6.45) is -22.5. The molecule has 0 unspecified atom stereocenters. The number of benzene rings is 3. The first kappa shape index (κ1) is 38.9. The fraction of sp³-hybridized carbons (Fsp3) is 0.111. The fourth-order valence-electron chi connectivity index (χ4n) is 6.25. The minimum absolute atomic E-state index is 0.0233. The van der Waals surface area contributed by atoms with E-state index in [1.54, 1.807) is 0 Å². The molecule has 55 heavy (non-hydrogen) atoms. The summed E-state index contributed by atoms with van der Waals surface area (Å²) in [6, 6.07) is 9.76. The number of nitrogens with zero attached hydrogens (tertiary/aromatic N) is 6. The van der Waals surface area contributed by atoms with Crippen LogP contribution in [0.4, 0.5) is 57.1 Å². The largest absolute Gasteiger partial charge is 0.417 e. The number of fused-ring (bicyclic) bond motifs is 2. The number of rotatable bonds is 2. The Labute approximate surface area is 298 Å². The molecule has 0 saturated carbocycles. The van der Waals surface area contributed by atoms with Gasteiger partial charge in [-0.3, -0.25) is 0 Å². The lowest BCUT2D eigenvalue weighted by Gasteiger charge is -2.18. The highest BCUT2D eigenvalue weighted by Gasteiger charge is 2.47. The maximum absolute atomic E-state index is 17.1. The van der Waals surface area contributed by atoms with Crippen LogP contribution in [0.1, 0.15) is 55.6 Å². The van der Waals surface area contributed by atoms with Crippen molar-refractivity contribution in [2.75, 3.05) is 0 Å². The molecule has 3 aromatic carbocycles. The van der Waals surface area contributed by atoms with E-state index in [9.17, 15) is 84.3 Å². The Morgan fingerprint density at radius 3 is 1.18 bits per heavy atom. The van der Waals surface area contributed by atoms with Crippen molar-refractivity contribution in [3.63, 3.8) is 0 Å². The van der Waals surface area contributed by atoms with Gasteiger partial charge in [0.2, 0.25) is 0 Å². The number of allylic oxidation sites excluding steroid dienone is 8. The molecule has 0 bridgehead atoms. The van der Waals surface area contributed by atoms with Crippen LogP contribution in [-0.4, -0.2) is 0 Å². The molecule has 0 radical (unpaired) electrons. The van der Waals surface area contributed by atoms with Gasteiger partial charge in [-0.25, -0.2) is 4.39 Å². The maximum atomic E-state index is 17.1. The Balaban J connectivity index is 1.96. The van der Waals surface area contributed by atoms with E-state index in [2.05, 4.69) is 0 Å². The number of halogens is 13. The van der Waals surface area contributed by atoms with Gasteiger partial charge in [0.25, 0.3) is 0 Å². The summed E-state index contributed by atoms with van der Waals surface area (Å²) >= 11 is 0. The molecule has 0 heterocycles. The van der Waals surface area contributed by atoms with Gasteiger partial charge < -0.3 is 0 Å². The van der Waals surface area contributed by atoms with Gasteiger partial charge in [0.1, 0.15) is 53.4 Å². The average Bonchev–Trinajstić information content (AvgIpc) is 3.60. The molecule has 6 nitrogen and oxygen atoms in total. The van der Waals surface area contributed by atoms with Crippen molar-refractivity contribution in [3.05, 3.63) is 115 Å². The molecule has 0 N–H and O–H groups in total. The molecule has 0 amide bonds. The number of hydrogen-bond acceptors (Lipinski definition) is 6. The molecular weight excluding hydrogens is 763 g/mol.